The molecule has 0 unspecified atom stereocenters. The summed E-state index contributed by atoms with van der Waals surface area (Å²) in [7, 11) is 0. The molecule has 2 nitrogen and oxygen atoms in total. The summed E-state index contributed by atoms with van der Waals surface area (Å²) >= 11 is 11.4. The highest BCUT2D eigenvalue weighted by atomic mass is 35.5. The van der Waals surface area contributed by atoms with Crippen LogP contribution >= 0.6 is 23.2 Å². The van der Waals surface area contributed by atoms with Gasteiger partial charge >= 0.3 is 11.4 Å². The Labute approximate surface area is 100 Å². The van der Waals surface area contributed by atoms with Gasteiger partial charge in [0.2, 0.25) is 12.4 Å². The quantitative estimate of drug-likeness (QED) is 0.747. The van der Waals surface area contributed by atoms with Gasteiger partial charge in [0, 0.05) is 33.8 Å². The minimum atomic E-state index is -0.0162. The Morgan fingerprint density at radius 3 is 1.56 bits per heavy atom. The molecule has 2 aromatic heterocycles. The molecule has 0 aliphatic heterocycles. The van der Waals surface area contributed by atoms with Gasteiger partial charge in [0.15, 0.2) is 0 Å². The average Bonchev–Trinajstić information content (AvgIpc) is 2.25. The van der Waals surface area contributed by atoms with Crippen molar-refractivity contribution in [3.8, 4) is 11.4 Å². The third-order valence-electron chi connectivity index (χ3n) is 2.00. The zero-order chi connectivity index (χ0) is 11.7. The maximum absolute atomic E-state index is 13.4. The molecule has 82 valence electrons. The van der Waals surface area contributed by atoms with Crippen LogP contribution in [0.4, 0.5) is 8.96 Å². The summed E-state index contributed by atoms with van der Waals surface area (Å²) in [4.78, 5) is 0.543. The Morgan fingerprint density at radius 1 is 0.812 bits per heavy atom. The maximum atomic E-state index is 13.4. The summed E-state index contributed by atoms with van der Waals surface area (Å²) in [5.74, 6) is 0. The van der Waals surface area contributed by atoms with Crippen LogP contribution in [0.5, 0.6) is 0 Å². The molecule has 0 aliphatic carbocycles. The minimum absolute atomic E-state index is 0.0162. The largest absolute Gasteiger partial charge is 0.329 e. The first-order valence-corrected chi connectivity index (χ1v) is 5.08. The second kappa shape index (κ2) is 4.31. The Kier molecular flexibility index (Phi) is 3.03. The molecular weight excluding hydrogens is 257 g/mol. The van der Waals surface area contributed by atoms with E-state index < -0.39 is 0 Å². The molecule has 2 rings (SSSR count). The Balaban J connectivity index is 2.66. The molecule has 0 saturated carbocycles. The number of pyridine rings is 2. The van der Waals surface area contributed by atoms with Crippen molar-refractivity contribution in [2.75, 3.05) is 0 Å². The third-order valence-corrected chi connectivity index (χ3v) is 2.47. The summed E-state index contributed by atoms with van der Waals surface area (Å²) in [6.45, 7) is 0. The normalized spacial score (nSPS) is 10.5. The standard InChI is InChI=1S/C10H6Cl2F2N2/c11-7-1-3-15(13)9(5-7)10-6-8(12)2-4-16(10)14/h1-6H/q+2. The molecule has 6 heteroatoms. The van der Waals surface area contributed by atoms with Crippen molar-refractivity contribution in [3.05, 3.63) is 46.7 Å². The van der Waals surface area contributed by atoms with Crippen LogP contribution in [-0.2, 0) is 0 Å². The lowest BCUT2D eigenvalue weighted by molar-refractivity contribution is -0.859. The van der Waals surface area contributed by atoms with Crippen LogP contribution < -0.4 is 9.58 Å². The van der Waals surface area contributed by atoms with Gasteiger partial charge in [-0.05, 0) is 0 Å². The molecule has 2 heterocycles. The molecule has 0 saturated heterocycles. The lowest BCUT2D eigenvalue weighted by Gasteiger charge is -1.92. The second-order valence-electron chi connectivity index (χ2n) is 3.08. The topological polar surface area (TPSA) is 7.76 Å². The van der Waals surface area contributed by atoms with Crippen molar-refractivity contribution in [1.29, 1.82) is 0 Å². The zero-order valence-corrected chi connectivity index (χ0v) is 9.38. The van der Waals surface area contributed by atoms with Crippen molar-refractivity contribution in [3.63, 3.8) is 0 Å². The Hall–Kier alpha value is -1.26. The monoisotopic (exact) mass is 262 g/mol. The number of halogens is 4. The van der Waals surface area contributed by atoms with Gasteiger partial charge in [-0.2, -0.15) is 0 Å². The van der Waals surface area contributed by atoms with Gasteiger partial charge < -0.3 is 0 Å². The predicted molar refractivity (Wildman–Crippen MR) is 55.3 cm³/mol. The summed E-state index contributed by atoms with van der Waals surface area (Å²) in [6.07, 6.45) is 2.19. The highest BCUT2D eigenvalue weighted by Gasteiger charge is 2.26. The second-order valence-corrected chi connectivity index (χ2v) is 3.96. The zero-order valence-electron chi connectivity index (χ0n) is 7.87. The molecule has 0 spiro atoms. The van der Waals surface area contributed by atoms with E-state index in [4.69, 9.17) is 23.2 Å². The highest BCUT2D eigenvalue weighted by molar-refractivity contribution is 6.31. The van der Waals surface area contributed by atoms with E-state index in [0.29, 0.717) is 10.0 Å². The van der Waals surface area contributed by atoms with Gasteiger partial charge in [0.25, 0.3) is 0 Å². The SMILES string of the molecule is F[n+]1ccc(Cl)cc1-c1cc(Cl)cc[n+]1F. The summed E-state index contributed by atoms with van der Waals surface area (Å²) in [6, 6.07) is 5.34. The molecule has 0 aromatic carbocycles. The molecule has 0 bridgehead atoms. The summed E-state index contributed by atoms with van der Waals surface area (Å²) in [5.41, 5.74) is -0.0324. The van der Waals surface area contributed by atoms with E-state index in [1.54, 1.807) is 0 Å². The van der Waals surface area contributed by atoms with E-state index >= 15 is 0 Å². The Morgan fingerprint density at radius 2 is 1.19 bits per heavy atom. The van der Waals surface area contributed by atoms with Crippen molar-refractivity contribution in [2.45, 2.75) is 0 Å². The Bertz CT molecular complexity index is 497. The van der Waals surface area contributed by atoms with Crippen LogP contribution in [0.15, 0.2) is 36.7 Å². The van der Waals surface area contributed by atoms with Crippen LogP contribution in [0.1, 0.15) is 0 Å². The van der Waals surface area contributed by atoms with Crippen LogP contribution in [-0.4, -0.2) is 0 Å². The average molecular weight is 263 g/mol. The molecule has 0 aliphatic rings. The minimum Gasteiger partial charge on any atom is -0.0838 e. The van der Waals surface area contributed by atoms with Crippen molar-refractivity contribution in [1.82, 2.24) is 0 Å². The summed E-state index contributed by atoms with van der Waals surface area (Å²) < 4.78 is 26.8. The van der Waals surface area contributed by atoms with Crippen LogP contribution in [0, 0.1) is 0 Å². The first kappa shape index (κ1) is 11.2. The smallest absolute Gasteiger partial charge is 0.0838 e. The third kappa shape index (κ3) is 2.13. The molecule has 0 N–H and O–H groups in total. The van der Waals surface area contributed by atoms with E-state index in [0.717, 1.165) is 12.4 Å². The van der Waals surface area contributed by atoms with Gasteiger partial charge in [-0.25, -0.2) is 0 Å². The number of aromatic nitrogens is 2. The van der Waals surface area contributed by atoms with Gasteiger partial charge in [0.05, 0.1) is 19.0 Å². The number of hydrogen-bond acceptors (Lipinski definition) is 0. The van der Waals surface area contributed by atoms with E-state index in [2.05, 4.69) is 0 Å². The molecule has 0 fully saturated rings. The van der Waals surface area contributed by atoms with E-state index in [1.807, 2.05) is 0 Å². The van der Waals surface area contributed by atoms with Crippen LogP contribution in [0.2, 0.25) is 10.0 Å². The number of nitrogens with zero attached hydrogens (tertiary/aromatic N) is 2. The lowest BCUT2D eigenvalue weighted by atomic mass is 10.2. The highest BCUT2D eigenvalue weighted by Crippen LogP contribution is 2.19. The van der Waals surface area contributed by atoms with E-state index in [9.17, 15) is 8.96 Å². The first-order chi connectivity index (χ1) is 7.58. The molecule has 0 amide bonds. The number of hydrogen-bond donors (Lipinski definition) is 0. The van der Waals surface area contributed by atoms with Crippen LogP contribution in [0.3, 0.4) is 0 Å². The van der Waals surface area contributed by atoms with Gasteiger partial charge in [-0.3, -0.25) is 0 Å². The molecule has 0 atom stereocenters. The molecule has 0 radical (unpaired) electrons. The molecule has 2 aromatic rings. The number of rotatable bonds is 1. The van der Waals surface area contributed by atoms with Gasteiger partial charge in [0.1, 0.15) is 0 Å². The van der Waals surface area contributed by atoms with Crippen molar-refractivity contribution < 1.29 is 18.5 Å². The van der Waals surface area contributed by atoms with Crippen LogP contribution in [0.25, 0.3) is 11.4 Å². The van der Waals surface area contributed by atoms with E-state index in [1.165, 1.54) is 24.3 Å². The lowest BCUT2D eigenvalue weighted by Crippen LogP contribution is -2.33. The van der Waals surface area contributed by atoms with E-state index in [-0.39, 0.29) is 21.0 Å². The molecule has 16 heavy (non-hydrogen) atoms. The van der Waals surface area contributed by atoms with Gasteiger partial charge in [-0.15, -0.1) is 0 Å². The molecular formula is C10H6Cl2F2N2+2. The fraction of sp³-hybridized carbons (Fsp3) is 0. The fourth-order valence-electron chi connectivity index (χ4n) is 1.28. The predicted octanol–water partition coefficient (Wildman–Crippen LogP) is 2.70. The van der Waals surface area contributed by atoms with Crippen molar-refractivity contribution >= 4 is 23.2 Å². The van der Waals surface area contributed by atoms with Crippen molar-refractivity contribution in [2.24, 2.45) is 0 Å². The summed E-state index contributed by atoms with van der Waals surface area (Å²) in [5, 5.41) is 0.618. The maximum Gasteiger partial charge on any atom is 0.329 e. The first-order valence-electron chi connectivity index (χ1n) is 4.33. The van der Waals surface area contributed by atoms with Gasteiger partial charge in [-0.1, -0.05) is 23.2 Å². The fourth-order valence-corrected chi connectivity index (χ4v) is 1.60.